The molecule has 114 valence electrons. The summed E-state index contributed by atoms with van der Waals surface area (Å²) < 4.78 is 32.5. The molecule has 0 fully saturated rings. The summed E-state index contributed by atoms with van der Waals surface area (Å²) in [4.78, 5) is 0.126. The number of nitrogens with two attached hydrogens (primary N) is 1. The van der Waals surface area contributed by atoms with E-state index in [1.807, 2.05) is 6.92 Å². The first kappa shape index (κ1) is 15.7. The van der Waals surface area contributed by atoms with Crippen LogP contribution in [0.1, 0.15) is 25.3 Å². The fourth-order valence-corrected chi connectivity index (χ4v) is 4.09. The molecule has 6 heteroatoms. The standard InChI is InChI=1S/C15H20N2O3S/c1-3-7-17(8-4-2)21(18,19)14-11-13(16)10-12-6-5-9-20-15(12)14/h1,10-11H,4-9,16H2,2H3. The first-order valence-electron chi connectivity index (χ1n) is 6.99. The Labute approximate surface area is 126 Å². The van der Waals surface area contributed by atoms with Gasteiger partial charge in [-0.05, 0) is 37.0 Å². The first-order valence-corrected chi connectivity index (χ1v) is 8.43. The van der Waals surface area contributed by atoms with Gasteiger partial charge in [-0.15, -0.1) is 6.42 Å². The van der Waals surface area contributed by atoms with Crippen LogP contribution in [0.25, 0.3) is 0 Å². The molecule has 1 aromatic carbocycles. The van der Waals surface area contributed by atoms with Crippen molar-refractivity contribution in [3.63, 3.8) is 0 Å². The van der Waals surface area contributed by atoms with Gasteiger partial charge < -0.3 is 10.5 Å². The Morgan fingerprint density at radius 3 is 2.90 bits per heavy atom. The third-order valence-corrected chi connectivity index (χ3v) is 5.20. The normalized spacial score (nSPS) is 14.3. The Kier molecular flexibility index (Phi) is 4.76. The molecule has 0 saturated heterocycles. The Morgan fingerprint density at radius 1 is 1.48 bits per heavy atom. The van der Waals surface area contributed by atoms with Crippen LogP contribution in [0, 0.1) is 12.3 Å². The smallest absolute Gasteiger partial charge is 0.247 e. The maximum atomic E-state index is 12.8. The molecule has 21 heavy (non-hydrogen) atoms. The van der Waals surface area contributed by atoms with Gasteiger partial charge in [0.05, 0.1) is 13.2 Å². The average Bonchev–Trinajstić information content (AvgIpc) is 2.46. The molecule has 0 aromatic heterocycles. The topological polar surface area (TPSA) is 72.6 Å². The molecule has 0 saturated carbocycles. The molecule has 0 aliphatic carbocycles. The van der Waals surface area contributed by atoms with Crippen LogP contribution >= 0.6 is 0 Å². The highest BCUT2D eigenvalue weighted by atomic mass is 32.2. The number of benzene rings is 1. The van der Waals surface area contributed by atoms with Gasteiger partial charge in [-0.3, -0.25) is 0 Å². The number of hydrogen-bond acceptors (Lipinski definition) is 4. The third kappa shape index (κ3) is 3.14. The first-order chi connectivity index (χ1) is 10.0. The summed E-state index contributed by atoms with van der Waals surface area (Å²) in [7, 11) is -3.70. The van der Waals surface area contributed by atoms with Crippen molar-refractivity contribution in [1.82, 2.24) is 4.31 Å². The highest BCUT2D eigenvalue weighted by molar-refractivity contribution is 7.89. The van der Waals surface area contributed by atoms with Crippen molar-refractivity contribution < 1.29 is 13.2 Å². The molecule has 0 bridgehead atoms. The molecule has 0 atom stereocenters. The van der Waals surface area contributed by atoms with Crippen molar-refractivity contribution in [3.05, 3.63) is 17.7 Å². The van der Waals surface area contributed by atoms with E-state index in [9.17, 15) is 8.42 Å². The van der Waals surface area contributed by atoms with E-state index >= 15 is 0 Å². The number of nitrogens with zero attached hydrogens (tertiary/aromatic N) is 1. The zero-order chi connectivity index (χ0) is 15.5. The van der Waals surface area contributed by atoms with Crippen molar-refractivity contribution in [2.75, 3.05) is 25.4 Å². The molecule has 2 rings (SSSR count). The number of nitrogen functional groups attached to an aromatic ring is 1. The number of sulfonamides is 1. The van der Waals surface area contributed by atoms with Crippen molar-refractivity contribution in [2.24, 2.45) is 0 Å². The van der Waals surface area contributed by atoms with Gasteiger partial charge in [0, 0.05) is 12.2 Å². The average molecular weight is 308 g/mol. The molecule has 1 aliphatic rings. The van der Waals surface area contributed by atoms with Crippen LogP contribution in [-0.4, -0.2) is 32.4 Å². The maximum absolute atomic E-state index is 12.8. The van der Waals surface area contributed by atoms with Crippen LogP contribution in [-0.2, 0) is 16.4 Å². The summed E-state index contributed by atoms with van der Waals surface area (Å²) >= 11 is 0. The molecule has 0 spiro atoms. The predicted molar refractivity (Wildman–Crippen MR) is 82.6 cm³/mol. The minimum absolute atomic E-state index is 0.0414. The lowest BCUT2D eigenvalue weighted by Crippen LogP contribution is -2.33. The minimum Gasteiger partial charge on any atom is -0.492 e. The molecule has 1 heterocycles. The summed E-state index contributed by atoms with van der Waals surface area (Å²) in [5.41, 5.74) is 7.12. The lowest BCUT2D eigenvalue weighted by Gasteiger charge is -2.25. The summed E-state index contributed by atoms with van der Waals surface area (Å²) in [6.07, 6.45) is 7.61. The zero-order valence-corrected chi connectivity index (χ0v) is 12.9. The van der Waals surface area contributed by atoms with Crippen LogP contribution in [0.2, 0.25) is 0 Å². The summed E-state index contributed by atoms with van der Waals surface area (Å²) in [6, 6.07) is 3.23. The Morgan fingerprint density at radius 2 is 2.24 bits per heavy atom. The minimum atomic E-state index is -3.70. The second-order valence-electron chi connectivity index (χ2n) is 5.00. The second-order valence-corrected chi connectivity index (χ2v) is 6.91. The highest BCUT2D eigenvalue weighted by Gasteiger charge is 2.29. The Hall–Kier alpha value is -1.71. The predicted octanol–water partition coefficient (Wildman–Crippen LogP) is 1.63. The van der Waals surface area contributed by atoms with E-state index in [-0.39, 0.29) is 11.4 Å². The van der Waals surface area contributed by atoms with E-state index in [1.165, 1.54) is 10.4 Å². The van der Waals surface area contributed by atoms with Gasteiger partial charge >= 0.3 is 0 Å². The van der Waals surface area contributed by atoms with Crippen molar-refractivity contribution >= 4 is 15.7 Å². The van der Waals surface area contributed by atoms with E-state index in [4.69, 9.17) is 16.9 Å². The summed E-state index contributed by atoms with van der Waals surface area (Å²) in [6.45, 7) is 2.84. The van der Waals surface area contributed by atoms with Crippen LogP contribution < -0.4 is 10.5 Å². The molecule has 0 amide bonds. The zero-order valence-electron chi connectivity index (χ0n) is 12.1. The van der Waals surface area contributed by atoms with E-state index in [2.05, 4.69) is 5.92 Å². The molecule has 0 unspecified atom stereocenters. The lowest BCUT2D eigenvalue weighted by atomic mass is 10.1. The number of aryl methyl sites for hydroxylation is 1. The number of fused-ring (bicyclic) bond motifs is 1. The highest BCUT2D eigenvalue weighted by Crippen LogP contribution is 2.36. The van der Waals surface area contributed by atoms with Crippen LogP contribution in [0.5, 0.6) is 5.75 Å². The Balaban J connectivity index is 2.53. The molecule has 2 N–H and O–H groups in total. The second kappa shape index (κ2) is 6.37. The fraction of sp³-hybridized carbons (Fsp3) is 0.467. The van der Waals surface area contributed by atoms with E-state index in [0.717, 1.165) is 18.4 Å². The molecule has 5 nitrogen and oxygen atoms in total. The number of hydrogen-bond donors (Lipinski definition) is 1. The van der Waals surface area contributed by atoms with Gasteiger partial charge in [0.25, 0.3) is 0 Å². The lowest BCUT2D eigenvalue weighted by molar-refractivity contribution is 0.279. The number of ether oxygens (including phenoxy) is 1. The van der Waals surface area contributed by atoms with Crippen LogP contribution in [0.15, 0.2) is 17.0 Å². The van der Waals surface area contributed by atoms with E-state index in [1.54, 1.807) is 6.07 Å². The monoisotopic (exact) mass is 308 g/mol. The summed E-state index contributed by atoms with van der Waals surface area (Å²) in [5, 5.41) is 0. The van der Waals surface area contributed by atoms with Crippen molar-refractivity contribution in [2.45, 2.75) is 31.1 Å². The molecule has 1 aromatic rings. The van der Waals surface area contributed by atoms with Crippen molar-refractivity contribution in [1.29, 1.82) is 0 Å². The third-order valence-electron chi connectivity index (χ3n) is 3.35. The maximum Gasteiger partial charge on any atom is 0.247 e. The van der Waals surface area contributed by atoms with Crippen molar-refractivity contribution in [3.8, 4) is 18.1 Å². The largest absolute Gasteiger partial charge is 0.492 e. The van der Waals surface area contributed by atoms with Crippen LogP contribution in [0.4, 0.5) is 5.69 Å². The number of rotatable bonds is 5. The van der Waals surface area contributed by atoms with Gasteiger partial charge in [0.15, 0.2) is 0 Å². The van der Waals surface area contributed by atoms with E-state index < -0.39 is 10.0 Å². The van der Waals surface area contributed by atoms with Gasteiger partial charge in [-0.2, -0.15) is 4.31 Å². The fourth-order valence-electron chi connectivity index (χ4n) is 2.44. The van der Waals surface area contributed by atoms with Gasteiger partial charge in [0.2, 0.25) is 10.0 Å². The molecule has 1 aliphatic heterocycles. The Bertz CT molecular complexity index is 662. The van der Waals surface area contributed by atoms with Crippen LogP contribution in [0.3, 0.4) is 0 Å². The van der Waals surface area contributed by atoms with Gasteiger partial charge in [-0.25, -0.2) is 8.42 Å². The SMILES string of the molecule is C#CCN(CCC)S(=O)(=O)c1cc(N)cc2c1OCCC2. The van der Waals surface area contributed by atoms with Gasteiger partial charge in [-0.1, -0.05) is 12.8 Å². The molecular formula is C15H20N2O3S. The van der Waals surface area contributed by atoms with E-state index in [0.29, 0.717) is 31.0 Å². The quantitative estimate of drug-likeness (QED) is 0.663. The van der Waals surface area contributed by atoms with Gasteiger partial charge in [0.1, 0.15) is 10.6 Å². The molecule has 0 radical (unpaired) electrons. The molecular weight excluding hydrogens is 288 g/mol. The summed E-state index contributed by atoms with van der Waals surface area (Å²) in [5.74, 6) is 2.82. The number of anilines is 1. The number of terminal acetylenes is 1.